The molecule has 4 rings (SSSR count). The van der Waals surface area contributed by atoms with Gasteiger partial charge in [0.1, 0.15) is 6.54 Å². The van der Waals surface area contributed by atoms with E-state index in [4.69, 9.17) is 16.3 Å². The summed E-state index contributed by atoms with van der Waals surface area (Å²) in [6, 6.07) is 20.6. The average Bonchev–Trinajstić information content (AvgIpc) is 3.41. The predicted octanol–water partition coefficient (Wildman–Crippen LogP) is 4.08. The Morgan fingerprint density at radius 3 is 2.36 bits per heavy atom. The first-order valence-corrected chi connectivity index (χ1v) is 13.3. The number of para-hydroxylation sites is 1. The third kappa shape index (κ3) is 6.23. The van der Waals surface area contributed by atoms with Crippen molar-refractivity contribution < 1.29 is 22.7 Å². The van der Waals surface area contributed by atoms with Crippen molar-refractivity contribution in [2.24, 2.45) is 0 Å². The van der Waals surface area contributed by atoms with Gasteiger partial charge in [-0.1, -0.05) is 41.9 Å². The van der Waals surface area contributed by atoms with Gasteiger partial charge in [-0.15, -0.1) is 0 Å². The zero-order valence-corrected chi connectivity index (χ0v) is 21.0. The number of hydrogen-bond donors (Lipinski definition) is 2. The molecule has 8 nitrogen and oxygen atoms in total. The lowest BCUT2D eigenvalue weighted by atomic mass is 10.1. The van der Waals surface area contributed by atoms with Crippen LogP contribution in [-0.2, 0) is 19.6 Å². The molecule has 0 aromatic heterocycles. The van der Waals surface area contributed by atoms with E-state index in [1.807, 2.05) is 0 Å². The van der Waals surface area contributed by atoms with Crippen LogP contribution in [0.25, 0.3) is 0 Å². The molecule has 0 unspecified atom stereocenters. The Bertz CT molecular complexity index is 1310. The van der Waals surface area contributed by atoms with Crippen molar-refractivity contribution in [3.8, 4) is 0 Å². The van der Waals surface area contributed by atoms with Crippen molar-refractivity contribution in [3.63, 3.8) is 0 Å². The number of sulfonamides is 1. The predicted molar refractivity (Wildman–Crippen MR) is 139 cm³/mol. The topological polar surface area (TPSA) is 105 Å². The van der Waals surface area contributed by atoms with E-state index in [1.165, 1.54) is 24.3 Å². The van der Waals surface area contributed by atoms with Crippen LogP contribution in [0, 0.1) is 0 Å². The number of nitrogens with one attached hydrogen (secondary N) is 2. The van der Waals surface area contributed by atoms with Crippen LogP contribution in [0.2, 0.25) is 5.02 Å². The van der Waals surface area contributed by atoms with Gasteiger partial charge in [-0.25, -0.2) is 8.42 Å². The van der Waals surface area contributed by atoms with Crippen molar-refractivity contribution in [2.75, 3.05) is 29.3 Å². The Morgan fingerprint density at radius 2 is 1.67 bits per heavy atom. The number of anilines is 2. The Balaban J connectivity index is 1.54. The molecule has 1 aliphatic rings. The molecule has 1 fully saturated rings. The summed E-state index contributed by atoms with van der Waals surface area (Å²) in [5.74, 6) is -0.961. The van der Waals surface area contributed by atoms with Gasteiger partial charge in [-0.05, 0) is 61.4 Å². The quantitative estimate of drug-likeness (QED) is 0.436. The largest absolute Gasteiger partial charge is 0.376 e. The smallest absolute Gasteiger partial charge is 0.264 e. The van der Waals surface area contributed by atoms with E-state index in [1.54, 1.807) is 54.6 Å². The minimum Gasteiger partial charge on any atom is -0.376 e. The lowest BCUT2D eigenvalue weighted by Gasteiger charge is -2.24. The Morgan fingerprint density at radius 1 is 0.972 bits per heavy atom. The van der Waals surface area contributed by atoms with Crippen LogP contribution in [0.15, 0.2) is 83.8 Å². The maximum atomic E-state index is 13.4. The van der Waals surface area contributed by atoms with E-state index < -0.39 is 22.5 Å². The highest BCUT2D eigenvalue weighted by Crippen LogP contribution is 2.25. The number of carbonyl (C=O) groups is 2. The molecule has 188 valence electrons. The van der Waals surface area contributed by atoms with E-state index in [0.29, 0.717) is 18.2 Å². The molecule has 1 atom stereocenters. The Labute approximate surface area is 215 Å². The molecule has 3 aromatic rings. The van der Waals surface area contributed by atoms with E-state index in [-0.39, 0.29) is 33.8 Å². The van der Waals surface area contributed by atoms with Crippen LogP contribution in [0.3, 0.4) is 0 Å². The Kier molecular flexibility index (Phi) is 8.25. The number of benzene rings is 3. The number of rotatable bonds is 9. The molecule has 1 saturated heterocycles. The van der Waals surface area contributed by atoms with Crippen molar-refractivity contribution >= 4 is 44.8 Å². The van der Waals surface area contributed by atoms with E-state index in [2.05, 4.69) is 10.6 Å². The fraction of sp³-hybridized carbons (Fsp3) is 0.231. The standard InChI is InChI=1S/C26H26ClN3O5S/c27-19-12-14-20(15-13-19)30(36(33,34)22-8-2-1-3-9-22)18-25(31)29-24-11-5-4-10-23(24)26(32)28-17-21-7-6-16-35-21/h1-5,8-15,21H,6-7,16-18H2,(H,28,32)(H,29,31)/t21-/m0/s1. The summed E-state index contributed by atoms with van der Waals surface area (Å²) < 4.78 is 33.4. The third-order valence-corrected chi connectivity index (χ3v) is 7.73. The first-order chi connectivity index (χ1) is 17.3. The molecule has 2 amide bonds. The molecule has 1 aliphatic heterocycles. The maximum absolute atomic E-state index is 13.4. The van der Waals surface area contributed by atoms with Crippen molar-refractivity contribution in [1.82, 2.24) is 5.32 Å². The van der Waals surface area contributed by atoms with Crippen LogP contribution in [-0.4, -0.2) is 46.0 Å². The molecule has 1 heterocycles. The highest BCUT2D eigenvalue weighted by Gasteiger charge is 2.27. The molecule has 0 aliphatic carbocycles. The number of ether oxygens (including phenoxy) is 1. The Hall–Kier alpha value is -3.40. The van der Waals surface area contributed by atoms with Gasteiger partial charge in [0.05, 0.1) is 27.9 Å². The van der Waals surface area contributed by atoms with Crippen LogP contribution in [0.5, 0.6) is 0 Å². The lowest BCUT2D eigenvalue weighted by Crippen LogP contribution is -2.38. The molecule has 10 heteroatoms. The molecule has 36 heavy (non-hydrogen) atoms. The first kappa shape index (κ1) is 25.7. The highest BCUT2D eigenvalue weighted by atomic mass is 35.5. The molecule has 0 saturated carbocycles. The van der Waals surface area contributed by atoms with Crippen LogP contribution < -0.4 is 14.9 Å². The van der Waals surface area contributed by atoms with Crippen molar-refractivity contribution in [2.45, 2.75) is 23.8 Å². The fourth-order valence-corrected chi connectivity index (χ4v) is 5.43. The summed E-state index contributed by atoms with van der Waals surface area (Å²) in [5, 5.41) is 5.96. The minimum absolute atomic E-state index is 0.0215. The summed E-state index contributed by atoms with van der Waals surface area (Å²) in [4.78, 5) is 25.9. The number of nitrogens with zero attached hydrogens (tertiary/aromatic N) is 1. The highest BCUT2D eigenvalue weighted by molar-refractivity contribution is 7.92. The van der Waals surface area contributed by atoms with Gasteiger partial charge < -0.3 is 15.4 Å². The second kappa shape index (κ2) is 11.6. The number of hydrogen-bond acceptors (Lipinski definition) is 5. The molecule has 3 aromatic carbocycles. The summed E-state index contributed by atoms with van der Waals surface area (Å²) in [6.07, 6.45) is 1.82. The van der Waals surface area contributed by atoms with Crippen molar-refractivity contribution in [3.05, 3.63) is 89.4 Å². The molecule has 2 N–H and O–H groups in total. The lowest BCUT2D eigenvalue weighted by molar-refractivity contribution is -0.114. The monoisotopic (exact) mass is 527 g/mol. The maximum Gasteiger partial charge on any atom is 0.264 e. The van der Waals surface area contributed by atoms with Crippen LogP contribution in [0.4, 0.5) is 11.4 Å². The number of carbonyl (C=O) groups excluding carboxylic acids is 2. The number of halogens is 1. The number of amides is 2. The second-order valence-corrected chi connectivity index (χ2v) is 10.5. The van der Waals surface area contributed by atoms with Crippen LogP contribution >= 0.6 is 11.6 Å². The summed E-state index contributed by atoms with van der Waals surface area (Å²) in [7, 11) is -4.06. The summed E-state index contributed by atoms with van der Waals surface area (Å²) >= 11 is 5.98. The van der Waals surface area contributed by atoms with Crippen molar-refractivity contribution in [1.29, 1.82) is 0 Å². The van der Waals surface area contributed by atoms with Gasteiger partial charge in [0.2, 0.25) is 5.91 Å². The van der Waals surface area contributed by atoms with Gasteiger partial charge in [0, 0.05) is 18.2 Å². The normalized spacial score (nSPS) is 15.3. The third-order valence-electron chi connectivity index (χ3n) is 5.69. The van der Waals surface area contributed by atoms with E-state index in [0.717, 1.165) is 17.1 Å². The summed E-state index contributed by atoms with van der Waals surface area (Å²) in [6.45, 7) is 0.550. The first-order valence-electron chi connectivity index (χ1n) is 11.5. The SMILES string of the molecule is O=C(CN(c1ccc(Cl)cc1)S(=O)(=O)c1ccccc1)Nc1ccccc1C(=O)NC[C@@H]1CCCO1. The second-order valence-electron chi connectivity index (χ2n) is 8.24. The zero-order chi connectivity index (χ0) is 25.5. The molecule has 0 bridgehead atoms. The zero-order valence-electron chi connectivity index (χ0n) is 19.4. The van der Waals surface area contributed by atoms with Gasteiger partial charge in [0.15, 0.2) is 0 Å². The van der Waals surface area contributed by atoms with Gasteiger partial charge in [-0.2, -0.15) is 0 Å². The van der Waals surface area contributed by atoms with E-state index >= 15 is 0 Å². The molecular weight excluding hydrogens is 502 g/mol. The molecule has 0 radical (unpaired) electrons. The van der Waals surface area contributed by atoms with E-state index in [9.17, 15) is 18.0 Å². The minimum atomic E-state index is -4.06. The molecular formula is C26H26ClN3O5S. The van der Waals surface area contributed by atoms with Gasteiger partial charge >= 0.3 is 0 Å². The average molecular weight is 528 g/mol. The fourth-order valence-electron chi connectivity index (χ4n) is 3.86. The van der Waals surface area contributed by atoms with Gasteiger partial charge in [-0.3, -0.25) is 13.9 Å². The van der Waals surface area contributed by atoms with Gasteiger partial charge in [0.25, 0.3) is 15.9 Å². The molecule has 0 spiro atoms. The van der Waals surface area contributed by atoms with Crippen LogP contribution in [0.1, 0.15) is 23.2 Å². The summed E-state index contributed by atoms with van der Waals surface area (Å²) in [5.41, 5.74) is 0.828.